The molecule has 0 saturated heterocycles. The van der Waals surface area contributed by atoms with Crippen molar-refractivity contribution < 1.29 is 14.0 Å². The van der Waals surface area contributed by atoms with Gasteiger partial charge in [0.25, 0.3) is 0 Å². The molecule has 0 saturated carbocycles. The molecule has 1 aromatic rings. The van der Waals surface area contributed by atoms with E-state index in [2.05, 4.69) is 23.7 Å². The molecule has 0 radical (unpaired) electrons. The number of rotatable bonds is 3. The molecule has 4 nitrogen and oxygen atoms in total. The molecule has 0 aliphatic heterocycles. The van der Waals surface area contributed by atoms with Crippen molar-refractivity contribution in [2.45, 2.75) is 0 Å². The van der Waals surface area contributed by atoms with E-state index in [9.17, 15) is 4.79 Å². The lowest BCUT2D eigenvalue weighted by atomic mass is 10.3. The summed E-state index contributed by atoms with van der Waals surface area (Å²) in [7, 11) is 6.06. The van der Waals surface area contributed by atoms with Crippen LogP contribution >= 0.6 is 11.6 Å². The van der Waals surface area contributed by atoms with E-state index in [0.717, 1.165) is 0 Å². The van der Waals surface area contributed by atoms with E-state index in [1.54, 1.807) is 24.3 Å². The average Bonchev–Trinajstić information content (AvgIpc) is 2.30. The molecule has 1 rings (SSSR count). The zero-order valence-corrected chi connectivity index (χ0v) is 12.6. The minimum absolute atomic E-state index is 0.116. The van der Waals surface area contributed by atoms with Crippen molar-refractivity contribution in [1.29, 1.82) is 0 Å². The van der Waals surface area contributed by atoms with Crippen molar-refractivity contribution in [3.05, 3.63) is 41.6 Å². The SMILES string of the molecule is C=C(C#CC[N+](C)(C)C)OC(=O)Nc1ccc(Cl)cc1. The van der Waals surface area contributed by atoms with Gasteiger partial charge in [-0.2, -0.15) is 0 Å². The van der Waals surface area contributed by atoms with Gasteiger partial charge in [-0.3, -0.25) is 5.32 Å². The number of halogens is 1. The Morgan fingerprint density at radius 2 is 1.95 bits per heavy atom. The van der Waals surface area contributed by atoms with Crippen LogP contribution in [0.1, 0.15) is 0 Å². The molecule has 0 bridgehead atoms. The summed E-state index contributed by atoms with van der Waals surface area (Å²) in [6.07, 6.45) is -0.628. The number of quaternary nitrogens is 1. The Kier molecular flexibility index (Phi) is 5.63. The molecule has 1 aromatic carbocycles. The molecule has 0 aromatic heterocycles. The van der Waals surface area contributed by atoms with Crippen molar-refractivity contribution in [3.63, 3.8) is 0 Å². The number of allylic oxidation sites excluding steroid dienone is 1. The number of benzene rings is 1. The highest BCUT2D eigenvalue weighted by molar-refractivity contribution is 6.30. The van der Waals surface area contributed by atoms with Crippen molar-refractivity contribution in [3.8, 4) is 11.8 Å². The fourth-order valence-corrected chi connectivity index (χ4v) is 1.32. The zero-order valence-electron chi connectivity index (χ0n) is 11.9. The first-order chi connectivity index (χ1) is 9.26. The van der Waals surface area contributed by atoms with E-state index in [-0.39, 0.29) is 5.76 Å². The normalized spacial score (nSPS) is 10.2. The Bertz CT molecular complexity index is 548. The molecule has 0 spiro atoms. The molecular formula is C15H18ClN2O2+. The lowest BCUT2D eigenvalue weighted by molar-refractivity contribution is -0.862. The minimum Gasteiger partial charge on any atom is -0.401 e. The summed E-state index contributed by atoms with van der Waals surface area (Å²) in [6.45, 7) is 4.23. The molecule has 1 N–H and O–H groups in total. The lowest BCUT2D eigenvalue weighted by Gasteiger charge is -2.19. The summed E-state index contributed by atoms with van der Waals surface area (Å²) >= 11 is 5.75. The molecule has 0 aliphatic carbocycles. The Labute approximate surface area is 124 Å². The summed E-state index contributed by atoms with van der Waals surface area (Å²) in [4.78, 5) is 11.6. The van der Waals surface area contributed by atoms with E-state index in [0.29, 0.717) is 21.7 Å². The van der Waals surface area contributed by atoms with E-state index < -0.39 is 6.09 Å². The molecule has 0 aliphatic rings. The van der Waals surface area contributed by atoms with Crippen molar-refractivity contribution in [2.75, 3.05) is 33.0 Å². The second kappa shape index (κ2) is 6.99. The van der Waals surface area contributed by atoms with Gasteiger partial charge >= 0.3 is 6.09 Å². The maximum absolute atomic E-state index is 11.6. The first-order valence-electron chi connectivity index (χ1n) is 5.99. The van der Waals surface area contributed by atoms with Gasteiger partial charge in [-0.1, -0.05) is 11.6 Å². The molecule has 1 amide bonds. The highest BCUT2D eigenvalue weighted by Gasteiger charge is 2.05. The zero-order chi connectivity index (χ0) is 15.2. The van der Waals surface area contributed by atoms with Gasteiger partial charge in [0.05, 0.1) is 21.1 Å². The number of carbonyl (C=O) groups excluding carboxylic acids is 1. The molecule has 0 unspecified atom stereocenters. The van der Waals surface area contributed by atoms with Crippen LogP contribution in [0.25, 0.3) is 0 Å². The second-order valence-electron chi connectivity index (χ2n) is 5.19. The molecule has 0 fully saturated rings. The molecule has 0 heterocycles. The number of hydrogen-bond acceptors (Lipinski definition) is 2. The quantitative estimate of drug-likeness (QED) is 0.528. The molecular weight excluding hydrogens is 276 g/mol. The standard InChI is InChI=1S/C15H17ClN2O2/c1-12(6-5-11-18(2,3)4)20-15(19)17-14-9-7-13(16)8-10-14/h7-10H,1,11H2,2-4H3/p+1. The smallest absolute Gasteiger partial charge is 0.401 e. The Balaban J connectivity index is 2.46. The van der Waals surface area contributed by atoms with Gasteiger partial charge < -0.3 is 9.22 Å². The third-order valence-electron chi connectivity index (χ3n) is 2.09. The van der Waals surface area contributed by atoms with E-state index in [1.807, 2.05) is 21.1 Å². The van der Waals surface area contributed by atoms with Crippen LogP contribution in [0.2, 0.25) is 5.02 Å². The number of ether oxygens (including phenoxy) is 1. The fraction of sp³-hybridized carbons (Fsp3) is 0.267. The van der Waals surface area contributed by atoms with Crippen molar-refractivity contribution >= 4 is 23.4 Å². The van der Waals surface area contributed by atoms with Gasteiger partial charge in [-0.15, -0.1) is 0 Å². The van der Waals surface area contributed by atoms with Crippen LogP contribution in [0.15, 0.2) is 36.6 Å². The van der Waals surface area contributed by atoms with Crippen LogP contribution in [0.3, 0.4) is 0 Å². The first kappa shape index (κ1) is 16.1. The molecule has 0 atom stereocenters. The van der Waals surface area contributed by atoms with Crippen LogP contribution in [0, 0.1) is 11.8 Å². The summed E-state index contributed by atoms with van der Waals surface area (Å²) < 4.78 is 5.65. The van der Waals surface area contributed by atoms with Gasteiger partial charge in [-0.25, -0.2) is 4.79 Å². The highest BCUT2D eigenvalue weighted by Crippen LogP contribution is 2.13. The van der Waals surface area contributed by atoms with Crippen LogP contribution in [0.5, 0.6) is 0 Å². The Morgan fingerprint density at radius 3 is 2.50 bits per heavy atom. The third-order valence-corrected chi connectivity index (χ3v) is 2.34. The predicted molar refractivity (Wildman–Crippen MR) is 81.4 cm³/mol. The van der Waals surface area contributed by atoms with Crippen molar-refractivity contribution in [1.82, 2.24) is 0 Å². The monoisotopic (exact) mass is 293 g/mol. The van der Waals surface area contributed by atoms with Crippen LogP contribution in [-0.4, -0.2) is 38.3 Å². The van der Waals surface area contributed by atoms with Crippen LogP contribution in [-0.2, 0) is 4.74 Å². The number of hydrogen-bond donors (Lipinski definition) is 1. The van der Waals surface area contributed by atoms with Crippen molar-refractivity contribution in [2.24, 2.45) is 0 Å². The maximum Gasteiger partial charge on any atom is 0.417 e. The van der Waals surface area contributed by atoms with Gasteiger partial charge in [0.2, 0.25) is 0 Å². The minimum atomic E-state index is -0.628. The third kappa shape index (κ3) is 6.83. The van der Waals surface area contributed by atoms with Gasteiger partial charge in [-0.05, 0) is 42.7 Å². The summed E-state index contributed by atoms with van der Waals surface area (Å²) in [5.74, 6) is 5.72. The lowest BCUT2D eigenvalue weighted by Crippen LogP contribution is -2.34. The molecule has 5 heteroatoms. The second-order valence-corrected chi connectivity index (χ2v) is 5.63. The Morgan fingerprint density at radius 1 is 1.35 bits per heavy atom. The first-order valence-corrected chi connectivity index (χ1v) is 6.37. The number of amides is 1. The van der Waals surface area contributed by atoms with Crippen LogP contribution < -0.4 is 5.32 Å². The fourth-order valence-electron chi connectivity index (χ4n) is 1.19. The number of nitrogens with zero attached hydrogens (tertiary/aromatic N) is 1. The summed E-state index contributed by atoms with van der Waals surface area (Å²) in [5.41, 5.74) is 0.589. The van der Waals surface area contributed by atoms with Gasteiger partial charge in [0.15, 0.2) is 5.76 Å². The largest absolute Gasteiger partial charge is 0.417 e. The number of carbonyl (C=O) groups is 1. The van der Waals surface area contributed by atoms with E-state index >= 15 is 0 Å². The maximum atomic E-state index is 11.6. The van der Waals surface area contributed by atoms with E-state index in [4.69, 9.17) is 16.3 Å². The topological polar surface area (TPSA) is 38.3 Å². The molecule has 20 heavy (non-hydrogen) atoms. The predicted octanol–water partition coefficient (Wildman–Crippen LogP) is 3.11. The summed E-state index contributed by atoms with van der Waals surface area (Å²) in [5, 5.41) is 3.15. The van der Waals surface area contributed by atoms with E-state index in [1.165, 1.54) is 0 Å². The number of nitrogens with one attached hydrogen (secondary N) is 1. The van der Waals surface area contributed by atoms with Gasteiger partial charge in [0, 0.05) is 10.7 Å². The van der Waals surface area contributed by atoms with Crippen LogP contribution in [0.4, 0.5) is 10.5 Å². The number of anilines is 1. The highest BCUT2D eigenvalue weighted by atomic mass is 35.5. The Hall–Kier alpha value is -1.96. The molecule has 106 valence electrons. The summed E-state index contributed by atoms with van der Waals surface area (Å²) in [6, 6.07) is 6.70. The average molecular weight is 294 g/mol. The van der Waals surface area contributed by atoms with Gasteiger partial charge in [0.1, 0.15) is 6.54 Å².